The van der Waals surface area contributed by atoms with Gasteiger partial charge in [-0.15, -0.1) is 5.10 Å². The van der Waals surface area contributed by atoms with E-state index >= 15 is 0 Å². The Labute approximate surface area is 167 Å². The minimum Gasteiger partial charge on any atom is -0.293 e. The zero-order chi connectivity index (χ0) is 19.3. The van der Waals surface area contributed by atoms with E-state index in [-0.39, 0.29) is 13.0 Å². The molecule has 146 valence electrons. The summed E-state index contributed by atoms with van der Waals surface area (Å²) in [7, 11) is 0. The average Bonchev–Trinajstić information content (AvgIpc) is 3.29. The molecule has 3 aromatic rings. The topological polar surface area (TPSA) is 34.0 Å². The van der Waals surface area contributed by atoms with E-state index in [1.165, 1.54) is 12.8 Å². The summed E-state index contributed by atoms with van der Waals surface area (Å²) in [6, 6.07) is 12.0. The molecule has 0 atom stereocenters. The SMILES string of the molecule is FC1(F)CCN(Cc2ccc(-c3ccc4c(nnn4CC4CC4)c3Cl)cc2)C1. The summed E-state index contributed by atoms with van der Waals surface area (Å²) in [5.74, 6) is -1.84. The Morgan fingerprint density at radius 3 is 2.57 bits per heavy atom. The van der Waals surface area contributed by atoms with E-state index in [1.54, 1.807) is 4.90 Å². The molecule has 28 heavy (non-hydrogen) atoms. The van der Waals surface area contributed by atoms with Crippen LogP contribution in [0.3, 0.4) is 0 Å². The zero-order valence-corrected chi connectivity index (χ0v) is 16.2. The Morgan fingerprint density at radius 2 is 1.89 bits per heavy atom. The van der Waals surface area contributed by atoms with Gasteiger partial charge in [0.15, 0.2) is 0 Å². The molecular weight excluding hydrogens is 382 g/mol. The summed E-state index contributed by atoms with van der Waals surface area (Å²) < 4.78 is 28.7. The highest BCUT2D eigenvalue weighted by molar-refractivity contribution is 6.37. The van der Waals surface area contributed by atoms with Crippen LogP contribution in [0.5, 0.6) is 0 Å². The van der Waals surface area contributed by atoms with Crippen molar-refractivity contribution in [2.75, 3.05) is 13.1 Å². The number of rotatable bonds is 5. The molecule has 0 spiro atoms. The van der Waals surface area contributed by atoms with E-state index in [0.717, 1.165) is 34.3 Å². The fraction of sp³-hybridized carbons (Fsp3) is 0.429. The van der Waals surface area contributed by atoms with Gasteiger partial charge in [-0.3, -0.25) is 4.90 Å². The maximum atomic E-state index is 13.4. The zero-order valence-electron chi connectivity index (χ0n) is 15.4. The number of fused-ring (bicyclic) bond motifs is 1. The predicted octanol–water partition coefficient (Wildman–Crippen LogP) is 5.00. The van der Waals surface area contributed by atoms with Gasteiger partial charge in [-0.2, -0.15) is 0 Å². The fourth-order valence-electron chi connectivity index (χ4n) is 3.90. The van der Waals surface area contributed by atoms with Gasteiger partial charge in [0.2, 0.25) is 0 Å². The number of benzene rings is 2. The molecule has 1 saturated carbocycles. The largest absolute Gasteiger partial charge is 0.293 e. The van der Waals surface area contributed by atoms with Crippen LogP contribution in [-0.4, -0.2) is 38.9 Å². The number of halogens is 3. The van der Waals surface area contributed by atoms with Crippen LogP contribution in [0.2, 0.25) is 5.02 Å². The molecule has 5 rings (SSSR count). The Balaban J connectivity index is 1.37. The van der Waals surface area contributed by atoms with Crippen LogP contribution in [0, 0.1) is 5.92 Å². The molecule has 1 aliphatic carbocycles. The van der Waals surface area contributed by atoms with Crippen LogP contribution in [0.4, 0.5) is 8.78 Å². The molecule has 0 radical (unpaired) electrons. The van der Waals surface area contributed by atoms with Crippen LogP contribution in [0.15, 0.2) is 36.4 Å². The van der Waals surface area contributed by atoms with Crippen molar-refractivity contribution < 1.29 is 8.78 Å². The highest BCUT2D eigenvalue weighted by Gasteiger charge is 2.37. The van der Waals surface area contributed by atoms with Crippen molar-refractivity contribution in [1.29, 1.82) is 0 Å². The summed E-state index contributed by atoms with van der Waals surface area (Å²) in [6.45, 7) is 1.72. The molecule has 0 bridgehead atoms. The third-order valence-corrected chi connectivity index (χ3v) is 6.06. The molecule has 2 aliphatic rings. The van der Waals surface area contributed by atoms with Gasteiger partial charge >= 0.3 is 0 Å². The van der Waals surface area contributed by atoms with Gasteiger partial charge in [-0.1, -0.05) is 47.1 Å². The summed E-state index contributed by atoms with van der Waals surface area (Å²) in [6.07, 6.45) is 2.46. The second-order valence-electron chi connectivity index (χ2n) is 8.02. The van der Waals surface area contributed by atoms with Crippen molar-refractivity contribution in [3.05, 3.63) is 47.0 Å². The van der Waals surface area contributed by atoms with E-state index in [9.17, 15) is 8.78 Å². The molecular formula is C21H21ClF2N4. The molecule has 0 amide bonds. The van der Waals surface area contributed by atoms with E-state index in [0.29, 0.717) is 24.0 Å². The smallest absolute Gasteiger partial charge is 0.261 e. The molecule has 2 fully saturated rings. The summed E-state index contributed by atoms with van der Waals surface area (Å²) in [4.78, 5) is 1.80. The second kappa shape index (κ2) is 6.78. The first-order chi connectivity index (χ1) is 13.5. The molecule has 0 unspecified atom stereocenters. The van der Waals surface area contributed by atoms with Crippen molar-refractivity contribution >= 4 is 22.6 Å². The van der Waals surface area contributed by atoms with Crippen LogP contribution in [-0.2, 0) is 13.1 Å². The first kappa shape index (κ1) is 18.0. The molecule has 7 heteroatoms. The lowest BCUT2D eigenvalue weighted by molar-refractivity contribution is 0.0115. The van der Waals surface area contributed by atoms with Crippen LogP contribution in [0.1, 0.15) is 24.8 Å². The van der Waals surface area contributed by atoms with Gasteiger partial charge in [0.05, 0.1) is 17.1 Å². The maximum absolute atomic E-state index is 13.4. The lowest BCUT2D eigenvalue weighted by atomic mass is 10.0. The van der Waals surface area contributed by atoms with Crippen LogP contribution >= 0.6 is 11.6 Å². The van der Waals surface area contributed by atoms with Crippen molar-refractivity contribution in [2.45, 2.75) is 38.3 Å². The number of alkyl halides is 2. The number of nitrogens with zero attached hydrogens (tertiary/aromatic N) is 4. The van der Waals surface area contributed by atoms with Gasteiger partial charge < -0.3 is 0 Å². The molecule has 4 nitrogen and oxygen atoms in total. The Bertz CT molecular complexity index is 1010. The van der Waals surface area contributed by atoms with Crippen molar-refractivity contribution in [2.24, 2.45) is 5.92 Å². The van der Waals surface area contributed by atoms with Gasteiger partial charge in [-0.05, 0) is 36.0 Å². The number of aromatic nitrogens is 3. The normalized spacial score (nSPS) is 19.5. The maximum Gasteiger partial charge on any atom is 0.261 e. The van der Waals surface area contributed by atoms with Gasteiger partial charge in [0.25, 0.3) is 5.92 Å². The minimum absolute atomic E-state index is 0.0534. The van der Waals surface area contributed by atoms with Gasteiger partial charge in [-0.25, -0.2) is 13.5 Å². The predicted molar refractivity (Wildman–Crippen MR) is 106 cm³/mol. The van der Waals surface area contributed by atoms with E-state index < -0.39 is 5.92 Å². The van der Waals surface area contributed by atoms with Crippen molar-refractivity contribution in [3.8, 4) is 11.1 Å². The molecule has 0 N–H and O–H groups in total. The summed E-state index contributed by atoms with van der Waals surface area (Å²) in [5.41, 5.74) is 4.61. The fourth-order valence-corrected chi connectivity index (χ4v) is 4.20. The number of likely N-dealkylation sites (tertiary alicyclic amines) is 1. The second-order valence-corrected chi connectivity index (χ2v) is 8.40. The minimum atomic E-state index is -2.56. The van der Waals surface area contributed by atoms with Gasteiger partial charge in [0, 0.05) is 31.6 Å². The van der Waals surface area contributed by atoms with E-state index in [4.69, 9.17) is 11.6 Å². The van der Waals surface area contributed by atoms with Gasteiger partial charge in [0.1, 0.15) is 5.52 Å². The molecule has 1 aromatic heterocycles. The van der Waals surface area contributed by atoms with Crippen molar-refractivity contribution in [3.63, 3.8) is 0 Å². The van der Waals surface area contributed by atoms with E-state index in [2.05, 4.69) is 10.3 Å². The van der Waals surface area contributed by atoms with E-state index in [1.807, 2.05) is 41.1 Å². The quantitative estimate of drug-likeness (QED) is 0.602. The number of hydrogen-bond donors (Lipinski definition) is 0. The summed E-state index contributed by atoms with van der Waals surface area (Å²) in [5, 5.41) is 9.16. The lowest BCUT2D eigenvalue weighted by Crippen LogP contribution is -2.24. The third-order valence-electron chi connectivity index (χ3n) is 5.67. The Morgan fingerprint density at radius 1 is 1.11 bits per heavy atom. The van der Waals surface area contributed by atoms with Crippen LogP contribution < -0.4 is 0 Å². The Kier molecular flexibility index (Phi) is 4.36. The molecule has 2 heterocycles. The lowest BCUT2D eigenvalue weighted by Gasteiger charge is -2.16. The molecule has 1 aliphatic heterocycles. The Hall–Kier alpha value is -2.05. The number of hydrogen-bond acceptors (Lipinski definition) is 3. The highest BCUT2D eigenvalue weighted by Crippen LogP contribution is 2.36. The molecule has 2 aromatic carbocycles. The van der Waals surface area contributed by atoms with Crippen LogP contribution in [0.25, 0.3) is 22.2 Å². The summed E-state index contributed by atoms with van der Waals surface area (Å²) >= 11 is 6.64. The third kappa shape index (κ3) is 3.51. The highest BCUT2D eigenvalue weighted by atomic mass is 35.5. The average molecular weight is 403 g/mol. The first-order valence-electron chi connectivity index (χ1n) is 9.70. The first-order valence-corrected chi connectivity index (χ1v) is 10.1. The monoisotopic (exact) mass is 402 g/mol. The van der Waals surface area contributed by atoms with Crippen molar-refractivity contribution in [1.82, 2.24) is 19.9 Å². The standard InChI is InChI=1S/C21H21ClF2N4/c22-19-17(7-8-18-20(19)25-26-28(18)12-15-1-2-15)16-5-3-14(4-6-16)11-27-10-9-21(23,24)13-27/h3-8,15H,1-2,9-13H2. The molecule has 1 saturated heterocycles.